The molecule has 1 aliphatic rings. The Balaban J connectivity index is 1.50. The summed E-state index contributed by atoms with van der Waals surface area (Å²) in [5, 5.41) is 2.87. The third kappa shape index (κ3) is 6.83. The number of amides is 1. The number of anilines is 1. The van der Waals surface area contributed by atoms with Gasteiger partial charge in [-0.25, -0.2) is 17.9 Å². The summed E-state index contributed by atoms with van der Waals surface area (Å²) in [5.41, 5.74) is 0.0229. The van der Waals surface area contributed by atoms with Gasteiger partial charge in [-0.15, -0.1) is 11.3 Å². The van der Waals surface area contributed by atoms with Crippen LogP contribution in [0.3, 0.4) is 0 Å². The maximum Gasteiger partial charge on any atom is 0.416 e. The molecule has 0 unspecified atom stereocenters. The van der Waals surface area contributed by atoms with Crippen molar-refractivity contribution in [3.8, 4) is 0 Å². The minimum absolute atomic E-state index is 0.173. The minimum atomic E-state index is -4.71. The summed E-state index contributed by atoms with van der Waals surface area (Å²) in [6, 6.07) is 3.17. The molecular formula is C22H23F3N2O7S2. The Labute approximate surface area is 209 Å². The van der Waals surface area contributed by atoms with E-state index in [1.54, 1.807) is 6.92 Å². The number of thiophene rings is 1. The Hall–Kier alpha value is -2.97. The smallest absolute Gasteiger partial charge is 0.416 e. The van der Waals surface area contributed by atoms with Gasteiger partial charge in [-0.2, -0.15) is 13.2 Å². The van der Waals surface area contributed by atoms with E-state index in [2.05, 4.69) is 5.32 Å². The molecule has 9 nitrogen and oxygen atoms in total. The molecule has 0 atom stereocenters. The predicted molar refractivity (Wildman–Crippen MR) is 123 cm³/mol. The van der Waals surface area contributed by atoms with Crippen molar-refractivity contribution in [3.05, 3.63) is 45.8 Å². The van der Waals surface area contributed by atoms with E-state index in [1.165, 1.54) is 11.3 Å². The highest BCUT2D eigenvalue weighted by Gasteiger charge is 2.32. The molecule has 2 N–H and O–H groups in total. The Kier molecular flexibility index (Phi) is 8.74. The van der Waals surface area contributed by atoms with Gasteiger partial charge in [0.15, 0.2) is 6.61 Å². The van der Waals surface area contributed by atoms with Gasteiger partial charge in [-0.3, -0.25) is 9.59 Å². The first-order valence-corrected chi connectivity index (χ1v) is 13.2. The van der Waals surface area contributed by atoms with Crippen molar-refractivity contribution in [2.75, 3.05) is 25.1 Å². The summed E-state index contributed by atoms with van der Waals surface area (Å²) in [7, 11) is -4.31. The molecule has 0 spiro atoms. The number of sulfonamides is 1. The summed E-state index contributed by atoms with van der Waals surface area (Å²) in [6.45, 7) is 0.710. The SMILES string of the molecule is CCOC(=O)c1c(NC(=O)COC(=O)CCNS(=O)(=O)c2cccc(C(F)(F)F)c2)sc2c1CCC2. The molecule has 0 saturated heterocycles. The summed E-state index contributed by atoms with van der Waals surface area (Å²) in [4.78, 5) is 36.9. The average Bonchev–Trinajstić information content (AvgIpc) is 3.38. The number of hydrogen-bond acceptors (Lipinski definition) is 8. The van der Waals surface area contributed by atoms with Crippen LogP contribution in [0.15, 0.2) is 29.2 Å². The summed E-state index contributed by atoms with van der Waals surface area (Å²) in [6.07, 6.45) is -2.80. The van der Waals surface area contributed by atoms with Gasteiger partial charge >= 0.3 is 18.1 Å². The molecule has 0 bridgehead atoms. The van der Waals surface area contributed by atoms with E-state index in [1.807, 2.05) is 4.72 Å². The first-order chi connectivity index (χ1) is 16.9. The Morgan fingerprint density at radius 1 is 1.14 bits per heavy atom. The number of alkyl halides is 3. The number of esters is 2. The molecule has 3 rings (SSSR count). The lowest BCUT2D eigenvalue weighted by atomic mass is 10.1. The molecule has 0 saturated carbocycles. The molecule has 1 heterocycles. The second-order valence-corrected chi connectivity index (χ2v) is 10.5. The van der Waals surface area contributed by atoms with E-state index in [4.69, 9.17) is 9.47 Å². The van der Waals surface area contributed by atoms with Crippen LogP contribution in [0.25, 0.3) is 0 Å². The zero-order valence-corrected chi connectivity index (χ0v) is 20.7. The molecular weight excluding hydrogens is 525 g/mol. The van der Waals surface area contributed by atoms with Gasteiger partial charge in [0.05, 0.1) is 29.1 Å². The van der Waals surface area contributed by atoms with Crippen LogP contribution in [0.5, 0.6) is 0 Å². The molecule has 14 heteroatoms. The zero-order chi connectivity index (χ0) is 26.5. The van der Waals surface area contributed by atoms with Gasteiger partial charge in [0, 0.05) is 11.4 Å². The first-order valence-electron chi connectivity index (χ1n) is 10.9. The van der Waals surface area contributed by atoms with Crippen molar-refractivity contribution in [1.82, 2.24) is 4.72 Å². The fraction of sp³-hybridized carbons (Fsp3) is 0.409. The van der Waals surface area contributed by atoms with Crippen molar-refractivity contribution in [2.45, 2.75) is 43.7 Å². The highest BCUT2D eigenvalue weighted by Crippen LogP contribution is 2.39. The fourth-order valence-corrected chi connectivity index (χ4v) is 5.87. The number of carbonyl (C=O) groups excluding carboxylic acids is 3. The van der Waals surface area contributed by atoms with Crippen molar-refractivity contribution < 1.29 is 45.4 Å². The minimum Gasteiger partial charge on any atom is -0.462 e. The van der Waals surface area contributed by atoms with Crippen LogP contribution in [-0.4, -0.2) is 46.0 Å². The number of ether oxygens (including phenoxy) is 2. The lowest BCUT2D eigenvalue weighted by Crippen LogP contribution is -2.28. The fourth-order valence-electron chi connectivity index (χ4n) is 3.50. The summed E-state index contributed by atoms with van der Waals surface area (Å²) >= 11 is 1.26. The molecule has 36 heavy (non-hydrogen) atoms. The second-order valence-electron chi connectivity index (χ2n) is 7.66. The molecule has 1 amide bonds. The number of benzene rings is 1. The Morgan fingerprint density at radius 2 is 1.89 bits per heavy atom. The van der Waals surface area contributed by atoms with Gasteiger partial charge < -0.3 is 14.8 Å². The van der Waals surface area contributed by atoms with Crippen LogP contribution in [0.1, 0.15) is 46.1 Å². The number of aryl methyl sites for hydroxylation is 1. The third-order valence-corrected chi connectivity index (χ3v) is 7.78. The van der Waals surface area contributed by atoms with Crippen LogP contribution in [0, 0.1) is 0 Å². The van der Waals surface area contributed by atoms with Crippen LogP contribution in [0.4, 0.5) is 18.2 Å². The normalized spacial score (nSPS) is 13.2. The van der Waals surface area contributed by atoms with Gasteiger partial charge in [0.2, 0.25) is 10.0 Å². The lowest BCUT2D eigenvalue weighted by molar-refractivity contribution is -0.147. The van der Waals surface area contributed by atoms with Crippen molar-refractivity contribution in [3.63, 3.8) is 0 Å². The quantitative estimate of drug-likeness (QED) is 0.436. The van der Waals surface area contributed by atoms with E-state index in [-0.39, 0.29) is 6.61 Å². The van der Waals surface area contributed by atoms with Crippen LogP contribution in [-0.2, 0) is 48.1 Å². The monoisotopic (exact) mass is 548 g/mol. The van der Waals surface area contributed by atoms with Gasteiger partial charge in [-0.1, -0.05) is 6.07 Å². The average molecular weight is 549 g/mol. The van der Waals surface area contributed by atoms with E-state index >= 15 is 0 Å². The van der Waals surface area contributed by atoms with Crippen molar-refractivity contribution in [2.24, 2.45) is 0 Å². The van der Waals surface area contributed by atoms with Crippen LogP contribution >= 0.6 is 11.3 Å². The van der Waals surface area contributed by atoms with Crippen LogP contribution < -0.4 is 10.0 Å². The zero-order valence-electron chi connectivity index (χ0n) is 19.1. The third-order valence-electron chi connectivity index (χ3n) is 5.11. The maximum atomic E-state index is 12.8. The van der Waals surface area contributed by atoms with Crippen molar-refractivity contribution >= 4 is 44.2 Å². The van der Waals surface area contributed by atoms with Gasteiger partial charge in [-0.05, 0) is 49.9 Å². The molecule has 0 fully saturated rings. The molecule has 0 radical (unpaired) electrons. The predicted octanol–water partition coefficient (Wildman–Crippen LogP) is 3.28. The molecule has 1 aliphatic carbocycles. The second kappa shape index (κ2) is 11.4. The molecule has 0 aliphatic heterocycles. The summed E-state index contributed by atoms with van der Waals surface area (Å²) < 4.78 is 74.8. The maximum absolute atomic E-state index is 12.8. The Morgan fingerprint density at radius 3 is 2.58 bits per heavy atom. The molecule has 2 aromatic rings. The topological polar surface area (TPSA) is 128 Å². The number of rotatable bonds is 10. The van der Waals surface area contributed by atoms with Gasteiger partial charge in [0.1, 0.15) is 5.00 Å². The number of carbonyl (C=O) groups is 3. The van der Waals surface area contributed by atoms with E-state index in [0.29, 0.717) is 23.1 Å². The number of halogens is 3. The lowest BCUT2D eigenvalue weighted by Gasteiger charge is -2.10. The number of fused-ring (bicyclic) bond motifs is 1. The Bertz CT molecular complexity index is 1260. The highest BCUT2D eigenvalue weighted by atomic mass is 32.2. The van der Waals surface area contributed by atoms with Crippen molar-refractivity contribution in [1.29, 1.82) is 0 Å². The van der Waals surface area contributed by atoms with Gasteiger partial charge in [0.25, 0.3) is 5.91 Å². The number of nitrogens with one attached hydrogen (secondary N) is 2. The largest absolute Gasteiger partial charge is 0.462 e. The van der Waals surface area contributed by atoms with E-state index < -0.39 is 64.1 Å². The first kappa shape index (κ1) is 27.6. The van der Waals surface area contributed by atoms with E-state index in [9.17, 15) is 36.0 Å². The number of hydrogen-bond donors (Lipinski definition) is 2. The molecule has 1 aromatic carbocycles. The molecule has 196 valence electrons. The molecule has 1 aromatic heterocycles. The highest BCUT2D eigenvalue weighted by molar-refractivity contribution is 7.89. The van der Waals surface area contributed by atoms with Crippen LogP contribution in [0.2, 0.25) is 0 Å². The van der Waals surface area contributed by atoms with E-state index in [0.717, 1.165) is 41.5 Å². The standard InChI is InChI=1S/C22H23F3N2O7S2/c1-2-33-21(30)19-15-7-4-8-16(15)35-20(19)27-17(28)12-34-18(29)9-10-26-36(31,32)14-6-3-5-13(11-14)22(23,24)25/h3,5-6,11,26H,2,4,7-10,12H2,1H3,(H,27,28). The summed E-state index contributed by atoms with van der Waals surface area (Å²) in [5.74, 6) is -2.15.